The maximum atomic E-state index is 12.0. The highest BCUT2D eigenvalue weighted by atomic mass is 35.5. The summed E-state index contributed by atoms with van der Waals surface area (Å²) >= 11 is 6.08. The summed E-state index contributed by atoms with van der Waals surface area (Å²) in [5.74, 6) is 0.779. The highest BCUT2D eigenvalue weighted by Gasteiger charge is 2.04. The average molecular weight is 389 g/mol. The van der Waals surface area contributed by atoms with Gasteiger partial charge < -0.3 is 15.4 Å². The number of ether oxygens (including phenoxy) is 1. The van der Waals surface area contributed by atoms with Crippen molar-refractivity contribution >= 4 is 23.2 Å². The molecule has 0 radical (unpaired) electrons. The van der Waals surface area contributed by atoms with E-state index in [-0.39, 0.29) is 12.5 Å². The van der Waals surface area contributed by atoms with Crippen molar-refractivity contribution in [3.63, 3.8) is 0 Å². The molecule has 27 heavy (non-hydrogen) atoms. The van der Waals surface area contributed by atoms with Crippen LogP contribution in [-0.2, 0) is 11.3 Å². The molecule has 2 aromatic carbocycles. The van der Waals surface area contributed by atoms with Crippen LogP contribution < -0.4 is 15.4 Å². The van der Waals surface area contributed by atoms with Crippen molar-refractivity contribution in [2.24, 2.45) is 0 Å². The molecular weight excluding hydrogens is 360 g/mol. The molecule has 0 saturated heterocycles. The van der Waals surface area contributed by atoms with Crippen molar-refractivity contribution < 1.29 is 9.53 Å². The van der Waals surface area contributed by atoms with Crippen LogP contribution >= 0.6 is 11.6 Å². The number of carbonyl (C=O) groups excluding carboxylic acids is 1. The first-order valence-corrected chi connectivity index (χ1v) is 10.0. The number of amides is 1. The van der Waals surface area contributed by atoms with Gasteiger partial charge in [0.05, 0.1) is 13.2 Å². The normalized spacial score (nSPS) is 10.4. The zero-order valence-corrected chi connectivity index (χ0v) is 16.7. The van der Waals surface area contributed by atoms with E-state index in [2.05, 4.69) is 17.6 Å². The van der Waals surface area contributed by atoms with Gasteiger partial charge in [-0.3, -0.25) is 4.79 Å². The van der Waals surface area contributed by atoms with E-state index in [0.717, 1.165) is 30.0 Å². The van der Waals surface area contributed by atoms with Gasteiger partial charge in [-0.15, -0.1) is 0 Å². The molecule has 0 bridgehead atoms. The number of hydrogen-bond donors (Lipinski definition) is 2. The number of nitrogens with one attached hydrogen (secondary N) is 2. The third-order valence-corrected chi connectivity index (χ3v) is 4.63. The fourth-order valence-electron chi connectivity index (χ4n) is 2.65. The van der Waals surface area contributed by atoms with E-state index in [0.29, 0.717) is 11.6 Å². The van der Waals surface area contributed by atoms with E-state index in [1.165, 1.54) is 25.7 Å². The van der Waals surface area contributed by atoms with Crippen molar-refractivity contribution in [3.8, 4) is 5.75 Å². The second kappa shape index (κ2) is 12.2. The molecule has 0 aliphatic heterocycles. The number of rotatable bonds is 12. The fourth-order valence-corrected chi connectivity index (χ4v) is 2.85. The zero-order valence-electron chi connectivity index (χ0n) is 16.0. The van der Waals surface area contributed by atoms with Gasteiger partial charge >= 0.3 is 0 Å². The van der Waals surface area contributed by atoms with Gasteiger partial charge in [-0.25, -0.2) is 0 Å². The largest absolute Gasteiger partial charge is 0.494 e. The second-order valence-electron chi connectivity index (χ2n) is 6.51. The lowest BCUT2D eigenvalue weighted by atomic mass is 10.2. The molecule has 0 unspecified atom stereocenters. The van der Waals surface area contributed by atoms with Crippen LogP contribution in [0.25, 0.3) is 0 Å². The van der Waals surface area contributed by atoms with E-state index < -0.39 is 0 Å². The molecule has 0 aromatic heterocycles. The van der Waals surface area contributed by atoms with Gasteiger partial charge in [0, 0.05) is 17.3 Å². The SMILES string of the molecule is CCCCCCCOc1ccc(NCC(=O)NCc2ccccc2Cl)cc1. The summed E-state index contributed by atoms with van der Waals surface area (Å²) in [6.07, 6.45) is 6.14. The molecule has 0 aliphatic carbocycles. The van der Waals surface area contributed by atoms with Crippen LogP contribution in [0.1, 0.15) is 44.6 Å². The molecular formula is C22H29ClN2O2. The number of halogens is 1. The van der Waals surface area contributed by atoms with Gasteiger partial charge in [0.1, 0.15) is 5.75 Å². The number of hydrogen-bond acceptors (Lipinski definition) is 3. The number of benzene rings is 2. The molecule has 2 aromatic rings. The van der Waals surface area contributed by atoms with Gasteiger partial charge in [0.2, 0.25) is 5.91 Å². The van der Waals surface area contributed by atoms with Gasteiger partial charge in [-0.05, 0) is 42.3 Å². The summed E-state index contributed by atoms with van der Waals surface area (Å²) in [6.45, 7) is 3.60. The second-order valence-corrected chi connectivity index (χ2v) is 6.92. The molecule has 2 N–H and O–H groups in total. The van der Waals surface area contributed by atoms with Crippen molar-refractivity contribution in [3.05, 3.63) is 59.1 Å². The molecule has 0 saturated carbocycles. The van der Waals surface area contributed by atoms with E-state index in [4.69, 9.17) is 16.3 Å². The van der Waals surface area contributed by atoms with E-state index >= 15 is 0 Å². The predicted octanol–water partition coefficient (Wildman–Crippen LogP) is 5.42. The zero-order chi connectivity index (χ0) is 19.3. The molecule has 0 atom stereocenters. The Bertz CT molecular complexity index is 689. The van der Waals surface area contributed by atoms with Gasteiger partial charge in [-0.2, -0.15) is 0 Å². The minimum absolute atomic E-state index is 0.0812. The van der Waals surface area contributed by atoms with Crippen LogP contribution in [0, 0.1) is 0 Å². The Morgan fingerprint density at radius 1 is 1.00 bits per heavy atom. The Hall–Kier alpha value is -2.20. The van der Waals surface area contributed by atoms with Crippen LogP contribution in [0.2, 0.25) is 5.02 Å². The first kappa shape index (κ1) is 21.1. The van der Waals surface area contributed by atoms with Crippen molar-refractivity contribution in [2.45, 2.75) is 45.6 Å². The molecule has 5 heteroatoms. The quantitative estimate of drug-likeness (QED) is 0.477. The summed E-state index contributed by atoms with van der Waals surface area (Å²) in [5.41, 5.74) is 1.79. The standard InChI is InChI=1S/C22H29ClN2O2/c1-2-3-4-5-8-15-27-20-13-11-19(12-14-20)24-17-22(26)25-16-18-9-6-7-10-21(18)23/h6-7,9-14,24H,2-5,8,15-17H2,1H3,(H,25,26). The highest BCUT2D eigenvalue weighted by molar-refractivity contribution is 6.31. The van der Waals surface area contributed by atoms with Crippen LogP contribution in [-0.4, -0.2) is 19.1 Å². The molecule has 0 fully saturated rings. The highest BCUT2D eigenvalue weighted by Crippen LogP contribution is 2.16. The molecule has 2 rings (SSSR count). The van der Waals surface area contributed by atoms with Crippen LogP contribution in [0.4, 0.5) is 5.69 Å². The van der Waals surface area contributed by atoms with Gasteiger partial charge in [-0.1, -0.05) is 62.4 Å². The first-order valence-electron chi connectivity index (χ1n) is 9.66. The summed E-state index contributed by atoms with van der Waals surface area (Å²) in [5, 5.41) is 6.63. The Labute approximate surface area is 167 Å². The number of anilines is 1. The van der Waals surface area contributed by atoms with Crippen molar-refractivity contribution in [2.75, 3.05) is 18.5 Å². The Morgan fingerprint density at radius 2 is 1.74 bits per heavy atom. The minimum Gasteiger partial charge on any atom is -0.494 e. The summed E-state index contributed by atoms with van der Waals surface area (Å²) < 4.78 is 5.75. The van der Waals surface area contributed by atoms with Crippen LogP contribution in [0.3, 0.4) is 0 Å². The Kier molecular flexibility index (Phi) is 9.56. The van der Waals surface area contributed by atoms with E-state index in [1.54, 1.807) is 0 Å². The summed E-state index contributed by atoms with van der Waals surface area (Å²) in [6, 6.07) is 15.2. The molecule has 0 heterocycles. The van der Waals surface area contributed by atoms with Crippen LogP contribution in [0.5, 0.6) is 5.75 Å². The monoisotopic (exact) mass is 388 g/mol. The minimum atomic E-state index is -0.0812. The topological polar surface area (TPSA) is 50.4 Å². The number of unbranched alkanes of at least 4 members (excludes halogenated alkanes) is 4. The lowest BCUT2D eigenvalue weighted by molar-refractivity contribution is -0.119. The Morgan fingerprint density at radius 3 is 2.48 bits per heavy atom. The third kappa shape index (κ3) is 8.35. The summed E-state index contributed by atoms with van der Waals surface area (Å²) in [7, 11) is 0. The fraction of sp³-hybridized carbons (Fsp3) is 0.409. The number of carbonyl (C=O) groups is 1. The van der Waals surface area contributed by atoms with E-state index in [1.807, 2.05) is 48.5 Å². The molecule has 4 nitrogen and oxygen atoms in total. The smallest absolute Gasteiger partial charge is 0.239 e. The van der Waals surface area contributed by atoms with Gasteiger partial charge in [0.25, 0.3) is 0 Å². The van der Waals surface area contributed by atoms with E-state index in [9.17, 15) is 4.79 Å². The summed E-state index contributed by atoms with van der Waals surface area (Å²) in [4.78, 5) is 12.0. The van der Waals surface area contributed by atoms with Gasteiger partial charge in [0.15, 0.2) is 0 Å². The Balaban J connectivity index is 1.64. The van der Waals surface area contributed by atoms with Crippen molar-refractivity contribution in [1.29, 1.82) is 0 Å². The third-order valence-electron chi connectivity index (χ3n) is 4.26. The molecule has 1 amide bonds. The predicted molar refractivity (Wildman–Crippen MR) is 112 cm³/mol. The molecule has 146 valence electrons. The maximum Gasteiger partial charge on any atom is 0.239 e. The lowest BCUT2D eigenvalue weighted by Gasteiger charge is -2.10. The first-order chi connectivity index (χ1) is 13.2. The average Bonchev–Trinajstić information content (AvgIpc) is 2.69. The van der Waals surface area contributed by atoms with Crippen LogP contribution in [0.15, 0.2) is 48.5 Å². The molecule has 0 aliphatic rings. The van der Waals surface area contributed by atoms with Crippen molar-refractivity contribution in [1.82, 2.24) is 5.32 Å². The maximum absolute atomic E-state index is 12.0. The lowest BCUT2D eigenvalue weighted by Crippen LogP contribution is -2.29. The molecule has 0 spiro atoms.